The number of ether oxygens (including phenoxy) is 3. The molecule has 0 bridgehead atoms. The molecule has 0 unspecified atom stereocenters. The first-order valence-corrected chi connectivity index (χ1v) is 25.3. The lowest BCUT2D eigenvalue weighted by Crippen LogP contribution is -2.53. The van der Waals surface area contributed by atoms with Crippen LogP contribution in [0.3, 0.4) is 0 Å². The number of benzene rings is 2. The fourth-order valence-electron chi connectivity index (χ4n) is 9.83. The third-order valence-electron chi connectivity index (χ3n) is 13.8. The SMILES string of the molecule is CC[C@@H]1C[C@]1(CC(=O)[C@@H]1C[C@@H](Oc2cc(-c3nc(C(C)C)cs3)nc3c(Cl)c(OCCN4CCOCC4)ccc23)[C@H]2CC[C@H](Cc3ccccc3)C(=O)N21)C(=O)NS(=O)(=O)C1CC1. The highest BCUT2D eigenvalue weighted by Crippen LogP contribution is 2.58. The second kappa shape index (κ2) is 18.0. The summed E-state index contributed by atoms with van der Waals surface area (Å²) in [6, 6.07) is 14.2. The van der Waals surface area contributed by atoms with Gasteiger partial charge in [-0.25, -0.2) is 18.4 Å². The van der Waals surface area contributed by atoms with Crippen LogP contribution in [0.15, 0.2) is 53.9 Å². The van der Waals surface area contributed by atoms with E-state index < -0.39 is 44.8 Å². The molecule has 63 heavy (non-hydrogen) atoms. The molecule has 0 spiro atoms. The van der Waals surface area contributed by atoms with Crippen LogP contribution in [0.2, 0.25) is 5.02 Å². The van der Waals surface area contributed by atoms with Crippen molar-refractivity contribution < 1.29 is 37.0 Å². The molecule has 1 N–H and O–H groups in total. The van der Waals surface area contributed by atoms with Crippen molar-refractivity contribution in [1.82, 2.24) is 24.5 Å². The topological polar surface area (TPSA) is 157 Å². The number of hydrogen-bond acceptors (Lipinski definition) is 12. The molecule has 5 fully saturated rings. The number of morpholine rings is 1. The summed E-state index contributed by atoms with van der Waals surface area (Å²) < 4.78 is 47.0. The van der Waals surface area contributed by atoms with Crippen LogP contribution in [0.4, 0.5) is 0 Å². The summed E-state index contributed by atoms with van der Waals surface area (Å²) >= 11 is 8.65. The average molecular weight is 919 g/mol. The second-order valence-electron chi connectivity index (χ2n) is 18.3. The highest BCUT2D eigenvalue weighted by atomic mass is 35.5. The van der Waals surface area contributed by atoms with E-state index in [1.165, 1.54) is 11.3 Å². The lowest BCUT2D eigenvalue weighted by Gasteiger charge is -2.39. The average Bonchev–Trinajstić information content (AvgIpc) is 4.17. The minimum Gasteiger partial charge on any atom is -0.491 e. The van der Waals surface area contributed by atoms with E-state index in [1.807, 2.05) is 60.8 Å². The second-order valence-corrected chi connectivity index (χ2v) is 21.5. The smallest absolute Gasteiger partial charge is 0.240 e. The first kappa shape index (κ1) is 44.1. The number of hydrogen-bond donors (Lipinski definition) is 1. The predicted octanol–water partition coefficient (Wildman–Crippen LogP) is 7.20. The Bertz CT molecular complexity index is 2480. The van der Waals surface area contributed by atoms with Crippen molar-refractivity contribution in [2.24, 2.45) is 17.3 Å². The number of pyridine rings is 1. The van der Waals surface area contributed by atoms with Gasteiger partial charge in [-0.05, 0) is 68.1 Å². The molecule has 2 aliphatic carbocycles. The first-order valence-electron chi connectivity index (χ1n) is 22.5. The molecule has 16 heteroatoms. The molecule has 4 aromatic rings. The Balaban J connectivity index is 1.03. The zero-order valence-electron chi connectivity index (χ0n) is 36.1. The molecule has 2 amide bonds. The van der Waals surface area contributed by atoms with Gasteiger partial charge in [-0.2, -0.15) is 0 Å². The Morgan fingerprint density at radius 2 is 1.83 bits per heavy atom. The Kier molecular flexibility index (Phi) is 12.6. The van der Waals surface area contributed by atoms with E-state index in [9.17, 15) is 22.8 Å². The van der Waals surface area contributed by atoms with E-state index in [1.54, 1.807) is 4.90 Å². The number of sulfonamides is 1. The number of amides is 2. The van der Waals surface area contributed by atoms with Gasteiger partial charge in [0.05, 0.1) is 47.2 Å². The summed E-state index contributed by atoms with van der Waals surface area (Å²) in [6.45, 7) is 10.4. The van der Waals surface area contributed by atoms with Crippen LogP contribution in [0.25, 0.3) is 21.6 Å². The number of carbonyl (C=O) groups is 3. The molecule has 3 saturated heterocycles. The van der Waals surface area contributed by atoms with Gasteiger partial charge >= 0.3 is 0 Å². The number of nitrogens with zero attached hydrogens (tertiary/aromatic N) is 4. The molecule has 336 valence electrons. The van der Waals surface area contributed by atoms with Crippen molar-refractivity contribution >= 4 is 61.5 Å². The number of nitrogens with one attached hydrogen (secondary N) is 1. The van der Waals surface area contributed by atoms with E-state index in [0.29, 0.717) is 103 Å². The fourth-order valence-corrected chi connectivity index (χ4v) is 12.4. The highest BCUT2D eigenvalue weighted by molar-refractivity contribution is 7.90. The Labute approximate surface area is 378 Å². The van der Waals surface area contributed by atoms with Crippen molar-refractivity contribution in [3.8, 4) is 22.2 Å². The number of fused-ring (bicyclic) bond motifs is 2. The van der Waals surface area contributed by atoms with Gasteiger partial charge < -0.3 is 19.1 Å². The number of piperidine rings is 1. The Morgan fingerprint density at radius 3 is 2.52 bits per heavy atom. The lowest BCUT2D eigenvalue weighted by molar-refractivity contribution is -0.147. The van der Waals surface area contributed by atoms with Crippen molar-refractivity contribution in [1.29, 1.82) is 0 Å². The fraction of sp³-hybridized carbons (Fsp3) is 0.553. The third-order valence-corrected chi connectivity index (χ3v) is 16.8. The van der Waals surface area contributed by atoms with E-state index in [4.69, 9.17) is 35.8 Å². The number of Topliss-reactive ketones (excluding diaryl/α,β-unsaturated/α-hetero) is 1. The Morgan fingerprint density at radius 1 is 1.05 bits per heavy atom. The van der Waals surface area contributed by atoms with Gasteiger partial charge in [-0.1, -0.05) is 69.1 Å². The largest absolute Gasteiger partial charge is 0.491 e. The quantitative estimate of drug-likeness (QED) is 0.114. The number of carbonyl (C=O) groups excluding carboxylic acids is 3. The molecular weight excluding hydrogens is 862 g/mol. The Hall–Kier alpha value is -4.15. The first-order chi connectivity index (χ1) is 30.3. The number of aromatic nitrogens is 2. The van der Waals surface area contributed by atoms with Crippen LogP contribution < -0.4 is 14.2 Å². The third kappa shape index (κ3) is 9.10. The normalized spacial score (nSPS) is 26.2. The molecule has 5 aliphatic rings. The zero-order valence-corrected chi connectivity index (χ0v) is 38.5. The number of rotatable bonds is 17. The van der Waals surface area contributed by atoms with Crippen LogP contribution in [0, 0.1) is 17.3 Å². The molecule has 2 saturated carbocycles. The highest BCUT2D eigenvalue weighted by Gasteiger charge is 2.62. The summed E-state index contributed by atoms with van der Waals surface area (Å²) in [4.78, 5) is 57.3. The summed E-state index contributed by atoms with van der Waals surface area (Å²) in [5, 5.41) is 3.18. The predicted molar refractivity (Wildman–Crippen MR) is 242 cm³/mol. The lowest BCUT2D eigenvalue weighted by atomic mass is 9.86. The molecular formula is C47H56ClN5O8S2. The minimum absolute atomic E-state index is 0.108. The summed E-state index contributed by atoms with van der Waals surface area (Å²) in [5.74, 6) is -0.215. The minimum atomic E-state index is -3.81. The molecule has 2 aromatic heterocycles. The van der Waals surface area contributed by atoms with Crippen LogP contribution in [-0.2, 0) is 35.6 Å². The van der Waals surface area contributed by atoms with Gasteiger partial charge in [0, 0.05) is 55.2 Å². The van der Waals surface area contributed by atoms with E-state index in [0.717, 1.165) is 30.9 Å². The monoisotopic (exact) mass is 917 g/mol. The molecule has 9 rings (SSSR count). The zero-order chi connectivity index (χ0) is 44.0. The maximum Gasteiger partial charge on any atom is 0.240 e. The number of thiazole rings is 1. The maximum atomic E-state index is 14.8. The molecule has 6 atom stereocenters. The number of ketones is 1. The standard InChI is InChI=1S/C47H56ClN5O8S2/c1-4-31-25-47(31,46(56)51-63(57,58)32-11-12-32)26-38(54)37-24-41(36-14-10-30(45(55)53(36)37)22-29-8-6-5-7-9-29)61-40-23-34(44-50-35(27-62-44)28(2)3)49-43-33(40)13-15-39(42(43)48)60-21-18-52-16-19-59-20-17-52/h5-9,13,15,23,27-28,30-32,36-37,41H,4,10-12,14,16-22,24-26H2,1-3H3,(H,51,56)/t30-,31-,36-,37+,41-,47-/m1/s1. The molecule has 5 heterocycles. The maximum absolute atomic E-state index is 14.8. The summed E-state index contributed by atoms with van der Waals surface area (Å²) in [7, 11) is -3.81. The van der Waals surface area contributed by atoms with Gasteiger partial charge in [0.1, 0.15) is 39.9 Å². The van der Waals surface area contributed by atoms with Crippen LogP contribution >= 0.6 is 22.9 Å². The van der Waals surface area contributed by atoms with Crippen molar-refractivity contribution in [2.45, 2.75) is 108 Å². The number of halogens is 1. The van der Waals surface area contributed by atoms with Gasteiger partial charge in [0.2, 0.25) is 21.8 Å². The molecule has 13 nitrogen and oxygen atoms in total. The van der Waals surface area contributed by atoms with E-state index in [2.05, 4.69) is 23.5 Å². The van der Waals surface area contributed by atoms with E-state index >= 15 is 0 Å². The molecule has 3 aliphatic heterocycles. The summed E-state index contributed by atoms with van der Waals surface area (Å²) in [5.41, 5.74) is 1.93. The van der Waals surface area contributed by atoms with Crippen LogP contribution in [0.1, 0.15) is 89.3 Å². The van der Waals surface area contributed by atoms with Crippen molar-refractivity contribution in [2.75, 3.05) is 39.5 Å². The molecule has 0 radical (unpaired) electrons. The van der Waals surface area contributed by atoms with Gasteiger partial charge in [-0.15, -0.1) is 11.3 Å². The van der Waals surface area contributed by atoms with Crippen LogP contribution in [-0.4, -0.2) is 109 Å². The van der Waals surface area contributed by atoms with Gasteiger partial charge in [0.25, 0.3) is 0 Å². The molecule has 2 aromatic carbocycles. The van der Waals surface area contributed by atoms with Gasteiger partial charge in [0.15, 0.2) is 5.78 Å². The summed E-state index contributed by atoms with van der Waals surface area (Å²) in [6.07, 6.45) is 3.35. The van der Waals surface area contributed by atoms with Crippen LogP contribution in [0.5, 0.6) is 11.5 Å². The van der Waals surface area contributed by atoms with Crippen molar-refractivity contribution in [3.05, 3.63) is 70.2 Å². The van der Waals surface area contributed by atoms with Gasteiger partial charge in [-0.3, -0.25) is 24.0 Å². The van der Waals surface area contributed by atoms with Crippen molar-refractivity contribution in [3.63, 3.8) is 0 Å². The van der Waals surface area contributed by atoms with E-state index in [-0.39, 0.29) is 42.3 Å².